The zero-order valence-corrected chi connectivity index (χ0v) is 9.39. The molecule has 1 aromatic heterocycles. The molecule has 0 spiro atoms. The van der Waals surface area contributed by atoms with Crippen molar-refractivity contribution in [2.24, 2.45) is 0 Å². The highest BCUT2D eigenvalue weighted by molar-refractivity contribution is 8.13. The Hall–Kier alpha value is -0.810. The fourth-order valence-electron chi connectivity index (χ4n) is 0.950. The van der Waals surface area contributed by atoms with Crippen LogP contribution in [-0.4, -0.2) is 20.0 Å². The third kappa shape index (κ3) is 2.59. The molecule has 0 aliphatic carbocycles. The Morgan fingerprint density at radius 2 is 2.21 bits per heavy atom. The van der Waals surface area contributed by atoms with Crippen molar-refractivity contribution in [3.8, 4) is 5.88 Å². The van der Waals surface area contributed by atoms with Crippen molar-refractivity contribution in [3.63, 3.8) is 0 Å². The van der Waals surface area contributed by atoms with Gasteiger partial charge >= 0.3 is 0 Å². The Labute approximate surface area is 87.3 Å². The van der Waals surface area contributed by atoms with Crippen LogP contribution in [0.2, 0.25) is 0 Å². The van der Waals surface area contributed by atoms with Crippen molar-refractivity contribution in [1.29, 1.82) is 0 Å². The first-order valence-corrected chi connectivity index (χ1v) is 6.30. The second kappa shape index (κ2) is 4.14. The highest BCUT2D eigenvalue weighted by Crippen LogP contribution is 2.25. The van der Waals surface area contributed by atoms with Crippen LogP contribution in [0.25, 0.3) is 0 Å². The SMILES string of the molecule is CCOc1ncc(C)cc1S(=O)(=O)Cl. The molecule has 14 heavy (non-hydrogen) atoms. The van der Waals surface area contributed by atoms with Crippen LogP contribution < -0.4 is 4.74 Å². The number of aryl methyl sites for hydroxylation is 1. The molecule has 4 nitrogen and oxygen atoms in total. The summed E-state index contributed by atoms with van der Waals surface area (Å²) in [6, 6.07) is 1.43. The summed E-state index contributed by atoms with van der Waals surface area (Å²) in [5, 5.41) is 0. The molecule has 0 fully saturated rings. The van der Waals surface area contributed by atoms with Gasteiger partial charge in [0.1, 0.15) is 4.90 Å². The Morgan fingerprint density at radius 3 is 2.71 bits per heavy atom. The van der Waals surface area contributed by atoms with Crippen LogP contribution >= 0.6 is 10.7 Å². The molecule has 0 aliphatic heterocycles. The zero-order valence-electron chi connectivity index (χ0n) is 7.82. The summed E-state index contributed by atoms with van der Waals surface area (Å²) in [4.78, 5) is 3.77. The average Bonchev–Trinajstić information content (AvgIpc) is 2.07. The van der Waals surface area contributed by atoms with Gasteiger partial charge in [0.25, 0.3) is 9.05 Å². The van der Waals surface area contributed by atoms with E-state index in [-0.39, 0.29) is 10.8 Å². The monoisotopic (exact) mass is 235 g/mol. The summed E-state index contributed by atoms with van der Waals surface area (Å²) in [5.41, 5.74) is 0.715. The quantitative estimate of drug-likeness (QED) is 0.749. The number of nitrogens with zero attached hydrogens (tertiary/aromatic N) is 1. The maximum absolute atomic E-state index is 11.1. The number of pyridine rings is 1. The normalized spacial score (nSPS) is 11.4. The number of aromatic nitrogens is 1. The van der Waals surface area contributed by atoms with Gasteiger partial charge in [0.2, 0.25) is 5.88 Å². The zero-order chi connectivity index (χ0) is 10.8. The van der Waals surface area contributed by atoms with Gasteiger partial charge in [-0.15, -0.1) is 0 Å². The Balaban J connectivity index is 3.30. The van der Waals surface area contributed by atoms with E-state index in [1.54, 1.807) is 13.8 Å². The highest BCUT2D eigenvalue weighted by atomic mass is 35.7. The second-order valence-electron chi connectivity index (χ2n) is 2.69. The van der Waals surface area contributed by atoms with Crippen LogP contribution in [-0.2, 0) is 9.05 Å². The van der Waals surface area contributed by atoms with E-state index in [1.165, 1.54) is 12.3 Å². The molecule has 0 aliphatic rings. The predicted molar refractivity (Wildman–Crippen MR) is 53.2 cm³/mol. The fourth-order valence-corrected chi connectivity index (χ4v) is 1.93. The standard InChI is InChI=1S/C8H10ClNO3S/c1-3-13-8-7(14(9,11)12)4-6(2)5-10-8/h4-5H,3H2,1-2H3. The Morgan fingerprint density at radius 1 is 1.57 bits per heavy atom. The lowest BCUT2D eigenvalue weighted by Gasteiger charge is -2.06. The smallest absolute Gasteiger partial charge is 0.266 e. The van der Waals surface area contributed by atoms with Gasteiger partial charge < -0.3 is 4.74 Å². The molecule has 1 heterocycles. The summed E-state index contributed by atoms with van der Waals surface area (Å²) >= 11 is 0. The van der Waals surface area contributed by atoms with E-state index in [9.17, 15) is 8.42 Å². The average molecular weight is 236 g/mol. The number of hydrogen-bond acceptors (Lipinski definition) is 4. The topological polar surface area (TPSA) is 56.3 Å². The van der Waals surface area contributed by atoms with Crippen molar-refractivity contribution in [2.75, 3.05) is 6.61 Å². The first-order valence-electron chi connectivity index (χ1n) is 3.99. The minimum Gasteiger partial charge on any atom is -0.477 e. The number of ether oxygens (including phenoxy) is 1. The van der Waals surface area contributed by atoms with E-state index < -0.39 is 9.05 Å². The third-order valence-electron chi connectivity index (χ3n) is 1.50. The molecule has 1 rings (SSSR count). The molecular weight excluding hydrogens is 226 g/mol. The van der Waals surface area contributed by atoms with Gasteiger partial charge in [-0.1, -0.05) is 0 Å². The van der Waals surface area contributed by atoms with Crippen LogP contribution in [0.15, 0.2) is 17.2 Å². The predicted octanol–water partition coefficient (Wildman–Crippen LogP) is 1.72. The Bertz CT molecular complexity index is 430. The van der Waals surface area contributed by atoms with Crippen LogP contribution in [0, 0.1) is 6.92 Å². The molecule has 6 heteroatoms. The highest BCUT2D eigenvalue weighted by Gasteiger charge is 2.18. The van der Waals surface area contributed by atoms with E-state index in [1.807, 2.05) is 0 Å². The second-order valence-corrected chi connectivity index (χ2v) is 5.22. The molecule has 0 saturated carbocycles. The molecule has 0 saturated heterocycles. The largest absolute Gasteiger partial charge is 0.477 e. The number of rotatable bonds is 3. The van der Waals surface area contributed by atoms with E-state index >= 15 is 0 Å². The summed E-state index contributed by atoms with van der Waals surface area (Å²) in [5.74, 6) is 0.0492. The molecule has 0 N–H and O–H groups in total. The molecular formula is C8H10ClNO3S. The number of halogens is 1. The maximum atomic E-state index is 11.1. The summed E-state index contributed by atoms with van der Waals surface area (Å²) in [6.07, 6.45) is 1.52. The lowest BCUT2D eigenvalue weighted by Crippen LogP contribution is -2.02. The molecule has 78 valence electrons. The maximum Gasteiger partial charge on any atom is 0.266 e. The molecule has 0 unspecified atom stereocenters. The Kier molecular flexibility index (Phi) is 3.34. The summed E-state index contributed by atoms with van der Waals surface area (Å²) in [7, 11) is 1.43. The van der Waals surface area contributed by atoms with Gasteiger partial charge in [-0.2, -0.15) is 0 Å². The lowest BCUT2D eigenvalue weighted by atomic mass is 10.3. The van der Waals surface area contributed by atoms with Crippen molar-refractivity contribution < 1.29 is 13.2 Å². The summed E-state index contributed by atoms with van der Waals surface area (Å²) in [6.45, 7) is 3.82. The van der Waals surface area contributed by atoms with Crippen LogP contribution in [0.3, 0.4) is 0 Å². The van der Waals surface area contributed by atoms with Gasteiger partial charge in [-0.3, -0.25) is 0 Å². The molecule has 0 amide bonds. The minimum absolute atomic E-state index is 0.0492. The fraction of sp³-hybridized carbons (Fsp3) is 0.375. The minimum atomic E-state index is -3.79. The van der Waals surface area contributed by atoms with E-state index in [4.69, 9.17) is 15.4 Å². The van der Waals surface area contributed by atoms with Crippen LogP contribution in [0.5, 0.6) is 5.88 Å². The van der Waals surface area contributed by atoms with Crippen LogP contribution in [0.1, 0.15) is 12.5 Å². The molecule has 0 aromatic carbocycles. The molecule has 0 atom stereocenters. The van der Waals surface area contributed by atoms with Crippen molar-refractivity contribution in [1.82, 2.24) is 4.98 Å². The van der Waals surface area contributed by atoms with E-state index in [2.05, 4.69) is 4.98 Å². The van der Waals surface area contributed by atoms with Gasteiger partial charge in [0.15, 0.2) is 0 Å². The number of hydrogen-bond donors (Lipinski definition) is 0. The third-order valence-corrected chi connectivity index (χ3v) is 2.82. The first kappa shape index (κ1) is 11.3. The molecule has 0 radical (unpaired) electrons. The van der Waals surface area contributed by atoms with Crippen molar-refractivity contribution >= 4 is 19.7 Å². The lowest BCUT2D eigenvalue weighted by molar-refractivity contribution is 0.317. The first-order chi connectivity index (χ1) is 6.45. The molecule has 0 bridgehead atoms. The van der Waals surface area contributed by atoms with Gasteiger partial charge in [-0.25, -0.2) is 13.4 Å². The van der Waals surface area contributed by atoms with Gasteiger partial charge in [-0.05, 0) is 25.5 Å². The van der Waals surface area contributed by atoms with Crippen molar-refractivity contribution in [3.05, 3.63) is 17.8 Å². The van der Waals surface area contributed by atoms with Crippen LogP contribution in [0.4, 0.5) is 0 Å². The van der Waals surface area contributed by atoms with Gasteiger partial charge in [0.05, 0.1) is 6.61 Å². The van der Waals surface area contributed by atoms with Gasteiger partial charge in [0, 0.05) is 16.9 Å². The van der Waals surface area contributed by atoms with E-state index in [0.717, 1.165) is 0 Å². The van der Waals surface area contributed by atoms with Crippen molar-refractivity contribution in [2.45, 2.75) is 18.7 Å². The summed E-state index contributed by atoms with van der Waals surface area (Å²) < 4.78 is 27.3. The molecule has 1 aromatic rings. The van der Waals surface area contributed by atoms with E-state index in [0.29, 0.717) is 12.2 Å².